The molecule has 1 N–H and O–H groups in total. The number of aromatic nitrogens is 5. The van der Waals surface area contributed by atoms with Gasteiger partial charge in [0, 0.05) is 37.4 Å². The fraction of sp³-hybridized carbons (Fsp3) is 0.385. The van der Waals surface area contributed by atoms with Crippen molar-refractivity contribution in [3.05, 3.63) is 81.7 Å². The second kappa shape index (κ2) is 8.88. The minimum Gasteiger partial charge on any atom is -0.369 e. The van der Waals surface area contributed by atoms with Gasteiger partial charge in [-0.1, -0.05) is 18.2 Å². The number of aromatic amines is 1. The summed E-state index contributed by atoms with van der Waals surface area (Å²) >= 11 is 0. The van der Waals surface area contributed by atoms with Gasteiger partial charge in [-0.2, -0.15) is 0 Å². The summed E-state index contributed by atoms with van der Waals surface area (Å²) in [4.78, 5) is 21.0. The van der Waals surface area contributed by atoms with Crippen molar-refractivity contribution < 1.29 is 4.39 Å². The Hall–Kier alpha value is -3.59. The summed E-state index contributed by atoms with van der Waals surface area (Å²) in [6, 6.07) is 14.1. The van der Waals surface area contributed by atoms with Crippen LogP contribution in [0.3, 0.4) is 0 Å². The summed E-state index contributed by atoms with van der Waals surface area (Å²) in [5, 5.41) is 13.6. The van der Waals surface area contributed by atoms with Crippen LogP contribution in [-0.4, -0.2) is 56.3 Å². The van der Waals surface area contributed by atoms with E-state index in [4.69, 9.17) is 0 Å². The molecule has 2 aromatic heterocycles. The van der Waals surface area contributed by atoms with Gasteiger partial charge in [0.05, 0.1) is 11.1 Å². The van der Waals surface area contributed by atoms with Gasteiger partial charge < -0.3 is 9.88 Å². The lowest BCUT2D eigenvalue weighted by Crippen LogP contribution is -2.49. The number of H-pyrrole nitrogens is 1. The van der Waals surface area contributed by atoms with E-state index in [1.807, 2.05) is 56.6 Å². The van der Waals surface area contributed by atoms with Crippen LogP contribution in [0.1, 0.15) is 43.8 Å². The minimum absolute atomic E-state index is 0.138. The molecule has 1 atom stereocenters. The molecular formula is C26H30FN7O. The zero-order valence-corrected chi connectivity index (χ0v) is 20.5. The number of nitrogens with zero attached hydrogens (tertiary/aromatic N) is 6. The van der Waals surface area contributed by atoms with Crippen molar-refractivity contribution in [3.8, 4) is 0 Å². The third kappa shape index (κ3) is 4.43. The van der Waals surface area contributed by atoms with Crippen molar-refractivity contribution in [1.29, 1.82) is 0 Å². The number of anilines is 1. The minimum atomic E-state index is -0.409. The molecule has 182 valence electrons. The molecule has 0 aliphatic carbocycles. The number of piperazine rings is 1. The predicted octanol–water partition coefficient (Wildman–Crippen LogP) is 3.63. The quantitative estimate of drug-likeness (QED) is 0.485. The highest BCUT2D eigenvalue weighted by Gasteiger charge is 2.35. The number of nitrogens with one attached hydrogen (secondary N) is 1. The van der Waals surface area contributed by atoms with Crippen molar-refractivity contribution >= 4 is 16.6 Å². The summed E-state index contributed by atoms with van der Waals surface area (Å²) in [6.45, 7) is 11.0. The topological polar surface area (TPSA) is 82.9 Å². The van der Waals surface area contributed by atoms with Gasteiger partial charge in [0.25, 0.3) is 5.56 Å². The normalized spacial score (nSPS) is 16.1. The first-order valence-electron chi connectivity index (χ1n) is 11.9. The lowest BCUT2D eigenvalue weighted by atomic mass is 10.00. The van der Waals surface area contributed by atoms with Gasteiger partial charge in [0.2, 0.25) is 0 Å². The van der Waals surface area contributed by atoms with E-state index in [0.717, 1.165) is 35.2 Å². The van der Waals surface area contributed by atoms with Crippen LogP contribution in [-0.2, 0) is 5.54 Å². The number of hydrogen-bond donors (Lipinski definition) is 1. The standard InChI is InChI=1S/C26H30FN7O/c1-17-6-5-7-18-16-21(25(35)28-22(17)18)23(24-29-30-31-34(24)26(2,3)4)33-14-12-32(13-15-33)20-10-8-19(27)9-11-20/h5-11,16,23H,12-15H2,1-4H3,(H,28,35)/t23-/m1/s1. The summed E-state index contributed by atoms with van der Waals surface area (Å²) in [5.41, 5.74) is 2.99. The molecule has 0 radical (unpaired) electrons. The molecule has 5 rings (SSSR count). The first-order chi connectivity index (χ1) is 16.7. The Morgan fingerprint density at radius 2 is 1.74 bits per heavy atom. The molecule has 1 fully saturated rings. The van der Waals surface area contributed by atoms with E-state index < -0.39 is 6.04 Å². The van der Waals surface area contributed by atoms with Crippen LogP contribution in [0.2, 0.25) is 0 Å². The number of rotatable bonds is 4. The Balaban J connectivity index is 1.55. The van der Waals surface area contributed by atoms with Crippen molar-refractivity contribution in [3.63, 3.8) is 0 Å². The van der Waals surface area contributed by atoms with E-state index in [1.165, 1.54) is 12.1 Å². The van der Waals surface area contributed by atoms with Crippen LogP contribution >= 0.6 is 0 Å². The number of benzene rings is 2. The molecule has 9 heteroatoms. The van der Waals surface area contributed by atoms with Gasteiger partial charge in [-0.05, 0) is 79.4 Å². The van der Waals surface area contributed by atoms with Gasteiger partial charge in [-0.15, -0.1) is 5.10 Å². The Morgan fingerprint density at radius 1 is 1.03 bits per heavy atom. The molecule has 4 aromatic rings. The number of fused-ring (bicyclic) bond motifs is 1. The Morgan fingerprint density at radius 3 is 2.43 bits per heavy atom. The summed E-state index contributed by atoms with van der Waals surface area (Å²) in [6.07, 6.45) is 0. The van der Waals surface area contributed by atoms with E-state index in [-0.39, 0.29) is 16.9 Å². The molecule has 2 aromatic carbocycles. The Bertz CT molecular complexity index is 1400. The molecular weight excluding hydrogens is 445 g/mol. The Labute approximate surface area is 203 Å². The second-order valence-electron chi connectivity index (χ2n) is 10.1. The van der Waals surface area contributed by atoms with Gasteiger partial charge in [0.15, 0.2) is 5.82 Å². The number of para-hydroxylation sites is 1. The third-order valence-electron chi connectivity index (χ3n) is 6.66. The molecule has 3 heterocycles. The molecule has 1 aliphatic heterocycles. The molecule has 1 saturated heterocycles. The van der Waals surface area contributed by atoms with Crippen LogP contribution in [0.5, 0.6) is 0 Å². The summed E-state index contributed by atoms with van der Waals surface area (Å²) < 4.78 is 15.2. The number of aryl methyl sites for hydroxylation is 1. The second-order valence-corrected chi connectivity index (χ2v) is 10.1. The number of hydrogen-bond acceptors (Lipinski definition) is 6. The fourth-order valence-electron chi connectivity index (χ4n) is 4.84. The summed E-state index contributed by atoms with van der Waals surface area (Å²) in [7, 11) is 0. The van der Waals surface area contributed by atoms with Crippen LogP contribution in [0.25, 0.3) is 10.9 Å². The maximum absolute atomic E-state index is 13.4. The van der Waals surface area contributed by atoms with Crippen LogP contribution in [0, 0.1) is 12.7 Å². The van der Waals surface area contributed by atoms with Crippen molar-refractivity contribution in [2.75, 3.05) is 31.1 Å². The SMILES string of the molecule is Cc1cccc2cc([C@H](c3nnnn3C(C)(C)C)N3CCN(c4ccc(F)cc4)CC3)c(=O)[nH]c12. The fourth-order valence-corrected chi connectivity index (χ4v) is 4.84. The zero-order valence-electron chi connectivity index (χ0n) is 20.5. The van der Waals surface area contributed by atoms with E-state index in [9.17, 15) is 9.18 Å². The summed E-state index contributed by atoms with van der Waals surface area (Å²) in [5.74, 6) is 0.400. The lowest BCUT2D eigenvalue weighted by Gasteiger charge is -2.40. The molecule has 0 bridgehead atoms. The van der Waals surface area contributed by atoms with Gasteiger partial charge >= 0.3 is 0 Å². The number of tetrazole rings is 1. The highest BCUT2D eigenvalue weighted by atomic mass is 19.1. The molecule has 0 spiro atoms. The molecule has 0 amide bonds. The van der Waals surface area contributed by atoms with Crippen molar-refractivity contribution in [2.24, 2.45) is 0 Å². The first-order valence-corrected chi connectivity index (χ1v) is 11.9. The highest BCUT2D eigenvalue weighted by Crippen LogP contribution is 2.31. The van der Waals surface area contributed by atoms with E-state index in [2.05, 4.69) is 30.3 Å². The van der Waals surface area contributed by atoms with Crippen LogP contribution in [0.4, 0.5) is 10.1 Å². The monoisotopic (exact) mass is 475 g/mol. The number of pyridine rings is 1. The molecule has 0 unspecified atom stereocenters. The van der Waals surface area contributed by atoms with E-state index in [0.29, 0.717) is 24.5 Å². The largest absolute Gasteiger partial charge is 0.369 e. The maximum Gasteiger partial charge on any atom is 0.253 e. The lowest BCUT2D eigenvalue weighted by molar-refractivity contribution is 0.190. The van der Waals surface area contributed by atoms with Crippen molar-refractivity contribution in [2.45, 2.75) is 39.3 Å². The van der Waals surface area contributed by atoms with E-state index >= 15 is 0 Å². The van der Waals surface area contributed by atoms with E-state index in [1.54, 1.807) is 12.1 Å². The number of halogens is 1. The Kier molecular flexibility index (Phi) is 5.88. The van der Waals surface area contributed by atoms with Crippen LogP contribution in [0.15, 0.2) is 53.3 Å². The smallest absolute Gasteiger partial charge is 0.253 e. The first kappa shape index (κ1) is 23.2. The van der Waals surface area contributed by atoms with Crippen LogP contribution < -0.4 is 10.5 Å². The zero-order chi connectivity index (χ0) is 24.7. The average molecular weight is 476 g/mol. The molecule has 0 saturated carbocycles. The third-order valence-corrected chi connectivity index (χ3v) is 6.66. The molecule has 8 nitrogen and oxygen atoms in total. The van der Waals surface area contributed by atoms with Crippen molar-refractivity contribution in [1.82, 2.24) is 30.1 Å². The molecule has 35 heavy (non-hydrogen) atoms. The predicted molar refractivity (Wildman–Crippen MR) is 134 cm³/mol. The highest BCUT2D eigenvalue weighted by molar-refractivity contribution is 5.82. The van der Waals surface area contributed by atoms with Gasteiger partial charge in [-0.3, -0.25) is 9.69 Å². The van der Waals surface area contributed by atoms with Gasteiger partial charge in [0.1, 0.15) is 11.9 Å². The van der Waals surface area contributed by atoms with Gasteiger partial charge in [-0.25, -0.2) is 9.07 Å². The maximum atomic E-state index is 13.4. The average Bonchev–Trinajstić information content (AvgIpc) is 3.32. The molecule has 1 aliphatic rings.